The number of amides is 2. The lowest BCUT2D eigenvalue weighted by Crippen LogP contribution is -2.23. The molecule has 1 aliphatic rings. The molecule has 0 radical (unpaired) electrons. The van der Waals surface area contributed by atoms with Gasteiger partial charge < -0.3 is 20.3 Å². The minimum absolute atomic E-state index is 0.317. The molecule has 1 heterocycles. The number of hydrogen-bond donors (Lipinski definition) is 2. The molecule has 0 spiro atoms. The Morgan fingerprint density at radius 1 is 0.872 bits per heavy atom. The number of carbonyl (C=O) groups is 1. The van der Waals surface area contributed by atoms with Crippen molar-refractivity contribution in [2.45, 2.75) is 97.4 Å². The van der Waals surface area contributed by atoms with Crippen LogP contribution in [0, 0.1) is 0 Å². The van der Waals surface area contributed by atoms with E-state index in [0.29, 0.717) is 23.1 Å². The third-order valence-corrected chi connectivity index (χ3v) is 8.34. The molecule has 0 bridgehead atoms. The van der Waals surface area contributed by atoms with Crippen molar-refractivity contribution in [3.8, 4) is 5.75 Å². The third kappa shape index (κ3) is 11.4. The van der Waals surface area contributed by atoms with Crippen molar-refractivity contribution < 1.29 is 9.53 Å². The Balaban J connectivity index is 1.39. The van der Waals surface area contributed by atoms with E-state index in [1.165, 1.54) is 69.9 Å². The number of hydrogen-bond acceptors (Lipinski definition) is 4. The standard InChI is InChI=1S/C32H46ClN3O2S/c1-3-4-5-6-7-8-9-10-11-12-13-16-22-38-31-28(33)19-17-21-30(31)35-32(37)34-29-20-15-14-18-27(29)23-36-25-39-24-26(36)2/h14-15,17-21,24H,3-13,16,22-23,25H2,1-2H3,(H2,34,35,37). The number of benzene rings is 2. The first-order valence-corrected chi connectivity index (χ1v) is 16.1. The van der Waals surface area contributed by atoms with Crippen LogP contribution in [0.4, 0.5) is 16.2 Å². The van der Waals surface area contributed by atoms with Crippen LogP contribution in [0.2, 0.25) is 5.02 Å². The molecule has 5 nitrogen and oxygen atoms in total. The number of carbonyl (C=O) groups excluding carboxylic acids is 1. The van der Waals surface area contributed by atoms with Crippen LogP contribution in [0.5, 0.6) is 5.75 Å². The molecular weight excluding hydrogens is 526 g/mol. The van der Waals surface area contributed by atoms with Crippen molar-refractivity contribution in [3.63, 3.8) is 0 Å². The first-order chi connectivity index (χ1) is 19.1. The van der Waals surface area contributed by atoms with E-state index in [4.69, 9.17) is 16.3 Å². The molecule has 1 aliphatic heterocycles. The maximum atomic E-state index is 12.9. The van der Waals surface area contributed by atoms with Gasteiger partial charge in [-0.1, -0.05) is 113 Å². The van der Waals surface area contributed by atoms with Crippen LogP contribution in [0.1, 0.15) is 96.5 Å². The van der Waals surface area contributed by atoms with Gasteiger partial charge in [-0.3, -0.25) is 0 Å². The number of urea groups is 1. The molecule has 0 saturated carbocycles. The summed E-state index contributed by atoms with van der Waals surface area (Å²) in [5.74, 6) is 1.45. The molecule has 214 valence electrons. The van der Waals surface area contributed by atoms with E-state index >= 15 is 0 Å². The normalized spacial score (nSPS) is 12.9. The van der Waals surface area contributed by atoms with E-state index in [1.807, 2.05) is 30.3 Å². The average Bonchev–Trinajstić information content (AvgIpc) is 3.33. The van der Waals surface area contributed by atoms with Crippen LogP contribution >= 0.6 is 23.4 Å². The Morgan fingerprint density at radius 3 is 2.15 bits per heavy atom. The van der Waals surface area contributed by atoms with Gasteiger partial charge in [-0.25, -0.2) is 4.79 Å². The molecule has 0 saturated heterocycles. The van der Waals surface area contributed by atoms with E-state index in [1.54, 1.807) is 17.8 Å². The fraction of sp³-hybridized carbons (Fsp3) is 0.531. The molecule has 2 N–H and O–H groups in total. The van der Waals surface area contributed by atoms with Crippen LogP contribution in [-0.4, -0.2) is 23.4 Å². The first-order valence-electron chi connectivity index (χ1n) is 14.7. The summed E-state index contributed by atoms with van der Waals surface area (Å²) in [5.41, 5.74) is 3.68. The lowest BCUT2D eigenvalue weighted by molar-refractivity contribution is 0.261. The van der Waals surface area contributed by atoms with Crippen molar-refractivity contribution >= 4 is 40.8 Å². The summed E-state index contributed by atoms with van der Waals surface area (Å²) in [5, 5.41) is 8.62. The highest BCUT2D eigenvalue weighted by Gasteiger charge is 2.16. The summed E-state index contributed by atoms with van der Waals surface area (Å²) in [7, 11) is 0. The van der Waals surface area contributed by atoms with E-state index in [2.05, 4.69) is 40.9 Å². The number of ether oxygens (including phenoxy) is 1. The third-order valence-electron chi connectivity index (χ3n) is 7.07. The molecule has 0 unspecified atom stereocenters. The first kappa shape index (κ1) is 31.2. The highest BCUT2D eigenvalue weighted by molar-refractivity contribution is 8.02. The summed E-state index contributed by atoms with van der Waals surface area (Å²) in [6, 6.07) is 13.0. The Hall–Kier alpha value is -2.31. The number of allylic oxidation sites excluding steroid dienone is 1. The van der Waals surface area contributed by atoms with E-state index < -0.39 is 0 Å². The highest BCUT2D eigenvalue weighted by Crippen LogP contribution is 2.33. The van der Waals surface area contributed by atoms with Gasteiger partial charge in [-0.05, 0) is 42.5 Å². The van der Waals surface area contributed by atoms with E-state index in [-0.39, 0.29) is 6.03 Å². The van der Waals surface area contributed by atoms with Gasteiger partial charge in [-0.2, -0.15) is 0 Å². The van der Waals surface area contributed by atoms with Crippen LogP contribution < -0.4 is 15.4 Å². The van der Waals surface area contributed by atoms with Crippen molar-refractivity contribution in [1.29, 1.82) is 0 Å². The van der Waals surface area contributed by atoms with Crippen LogP contribution in [0.15, 0.2) is 53.6 Å². The smallest absolute Gasteiger partial charge is 0.323 e. The van der Waals surface area contributed by atoms with Gasteiger partial charge in [0.15, 0.2) is 5.75 Å². The zero-order valence-corrected chi connectivity index (χ0v) is 25.3. The fourth-order valence-corrected chi connectivity index (χ4v) is 5.90. The zero-order chi connectivity index (χ0) is 27.7. The lowest BCUT2D eigenvalue weighted by Gasteiger charge is -2.21. The molecular formula is C32H46ClN3O2S. The number of nitrogens with one attached hydrogen (secondary N) is 2. The second-order valence-electron chi connectivity index (χ2n) is 10.3. The maximum Gasteiger partial charge on any atom is 0.323 e. The van der Waals surface area contributed by atoms with Gasteiger partial charge in [0.25, 0.3) is 0 Å². The largest absolute Gasteiger partial charge is 0.490 e. The molecule has 39 heavy (non-hydrogen) atoms. The second kappa shape index (κ2) is 18.1. The number of para-hydroxylation sites is 2. The predicted molar refractivity (Wildman–Crippen MR) is 169 cm³/mol. The van der Waals surface area contributed by atoms with Crippen molar-refractivity contribution in [2.24, 2.45) is 0 Å². The van der Waals surface area contributed by atoms with Crippen molar-refractivity contribution in [3.05, 3.63) is 64.2 Å². The Labute approximate surface area is 245 Å². The molecule has 2 aromatic carbocycles. The van der Waals surface area contributed by atoms with Gasteiger partial charge in [0.2, 0.25) is 0 Å². The summed E-state index contributed by atoms with van der Waals surface area (Å²) in [6.45, 7) is 5.71. The molecule has 0 aliphatic carbocycles. The number of rotatable bonds is 18. The fourth-order valence-electron chi connectivity index (χ4n) is 4.73. The molecule has 3 rings (SSSR count). The monoisotopic (exact) mass is 571 g/mol. The van der Waals surface area contributed by atoms with Crippen LogP contribution in [-0.2, 0) is 6.54 Å². The number of halogens is 1. The van der Waals surface area contributed by atoms with Crippen LogP contribution in [0.25, 0.3) is 0 Å². The SMILES string of the molecule is CCCCCCCCCCCCCCOc1c(Cl)cccc1NC(=O)Nc1ccccc1CN1CSC=C1C. The minimum atomic E-state index is -0.317. The minimum Gasteiger partial charge on any atom is -0.490 e. The number of nitrogens with zero attached hydrogens (tertiary/aromatic N) is 1. The number of unbranched alkanes of at least 4 members (excludes halogenated alkanes) is 11. The molecule has 0 fully saturated rings. The predicted octanol–water partition coefficient (Wildman–Crippen LogP) is 10.4. The van der Waals surface area contributed by atoms with Crippen molar-refractivity contribution in [1.82, 2.24) is 4.90 Å². The Morgan fingerprint density at radius 2 is 1.49 bits per heavy atom. The van der Waals surface area contributed by atoms with Gasteiger partial charge in [0.1, 0.15) is 0 Å². The van der Waals surface area contributed by atoms with E-state index in [9.17, 15) is 4.79 Å². The summed E-state index contributed by atoms with van der Waals surface area (Å²) >= 11 is 8.24. The summed E-state index contributed by atoms with van der Waals surface area (Å²) < 4.78 is 6.05. The van der Waals surface area contributed by atoms with Gasteiger partial charge in [0.05, 0.1) is 23.2 Å². The molecule has 0 atom stereocenters. The van der Waals surface area contributed by atoms with Gasteiger partial charge >= 0.3 is 6.03 Å². The number of anilines is 2. The molecule has 2 aromatic rings. The zero-order valence-electron chi connectivity index (χ0n) is 23.8. The summed E-state index contributed by atoms with van der Waals surface area (Å²) in [4.78, 5) is 15.2. The van der Waals surface area contributed by atoms with E-state index in [0.717, 1.165) is 36.5 Å². The van der Waals surface area contributed by atoms with Crippen LogP contribution in [0.3, 0.4) is 0 Å². The van der Waals surface area contributed by atoms with Gasteiger partial charge in [-0.15, -0.1) is 11.8 Å². The molecule has 0 aromatic heterocycles. The highest BCUT2D eigenvalue weighted by atomic mass is 35.5. The van der Waals surface area contributed by atoms with Gasteiger partial charge in [0, 0.05) is 17.9 Å². The lowest BCUT2D eigenvalue weighted by atomic mass is 10.1. The van der Waals surface area contributed by atoms with Crippen molar-refractivity contribution in [2.75, 3.05) is 23.1 Å². The molecule has 2 amide bonds. The number of thioether (sulfide) groups is 1. The summed E-state index contributed by atoms with van der Waals surface area (Å²) in [6.07, 6.45) is 15.6. The quantitative estimate of drug-likeness (QED) is 0.175. The second-order valence-corrected chi connectivity index (χ2v) is 11.6. The Bertz CT molecular complexity index is 1050. The average molecular weight is 572 g/mol. The maximum absolute atomic E-state index is 12.9. The molecule has 7 heteroatoms. The topological polar surface area (TPSA) is 53.6 Å². The Kier molecular flexibility index (Phi) is 14.5.